The lowest BCUT2D eigenvalue weighted by molar-refractivity contribution is -0.515. The van der Waals surface area contributed by atoms with Crippen molar-refractivity contribution in [2.45, 2.75) is 51.5 Å². The number of carbonyl (C=O) groups excluding carboxylic acids is 1. The average Bonchev–Trinajstić information content (AvgIpc) is 2.85. The molecule has 1 amide bonds. The number of allylic oxidation sites excluding steroid dienone is 1. The Morgan fingerprint density at radius 2 is 1.63 bits per heavy atom. The lowest BCUT2D eigenvalue weighted by Gasteiger charge is -2.29. The van der Waals surface area contributed by atoms with Crippen LogP contribution in [0, 0.1) is 20.2 Å². The lowest BCUT2D eigenvalue weighted by Crippen LogP contribution is -2.29. The van der Waals surface area contributed by atoms with Crippen molar-refractivity contribution in [1.29, 1.82) is 0 Å². The van der Waals surface area contributed by atoms with Crippen LogP contribution in [0.15, 0.2) is 53.3 Å². The van der Waals surface area contributed by atoms with E-state index in [9.17, 15) is 25.0 Å². The fourth-order valence-electron chi connectivity index (χ4n) is 5.57. The molecule has 5 rings (SSSR count). The van der Waals surface area contributed by atoms with E-state index >= 15 is 0 Å². The minimum absolute atomic E-state index is 0.0223. The molecule has 3 aliphatic rings. The second-order valence-electron chi connectivity index (χ2n) is 9.15. The third kappa shape index (κ3) is 4.18. The molecule has 1 unspecified atom stereocenters. The summed E-state index contributed by atoms with van der Waals surface area (Å²) in [6.45, 7) is 1.41. The SMILES string of the molecule is CCC1=C([N+](=O)[O-])C=C(COC(=O)Nc2cc3c4c(c2)CCc2cccc(c2-4)CC3)CC1[N+](=O)[O-]. The van der Waals surface area contributed by atoms with Crippen molar-refractivity contribution >= 4 is 11.8 Å². The summed E-state index contributed by atoms with van der Waals surface area (Å²) in [6.07, 6.45) is 4.50. The van der Waals surface area contributed by atoms with Gasteiger partial charge in [0.05, 0.1) is 10.5 Å². The summed E-state index contributed by atoms with van der Waals surface area (Å²) in [7, 11) is 0. The third-order valence-corrected chi connectivity index (χ3v) is 7.11. The summed E-state index contributed by atoms with van der Waals surface area (Å²) in [5.74, 6) is 0. The van der Waals surface area contributed by atoms with Crippen molar-refractivity contribution in [3.05, 3.63) is 95.7 Å². The first-order valence-electron chi connectivity index (χ1n) is 11.8. The molecule has 0 radical (unpaired) electrons. The van der Waals surface area contributed by atoms with Gasteiger partial charge in [-0.15, -0.1) is 0 Å². The highest BCUT2D eigenvalue weighted by Gasteiger charge is 2.37. The first kappa shape index (κ1) is 22.8. The van der Waals surface area contributed by atoms with Crippen LogP contribution in [0.1, 0.15) is 42.0 Å². The van der Waals surface area contributed by atoms with Crippen LogP contribution in [-0.4, -0.2) is 28.6 Å². The molecule has 35 heavy (non-hydrogen) atoms. The zero-order valence-electron chi connectivity index (χ0n) is 19.3. The molecule has 0 spiro atoms. The van der Waals surface area contributed by atoms with E-state index in [4.69, 9.17) is 4.74 Å². The zero-order chi connectivity index (χ0) is 24.7. The lowest BCUT2D eigenvalue weighted by atomic mass is 9.75. The van der Waals surface area contributed by atoms with Gasteiger partial charge in [-0.2, -0.15) is 0 Å². The Kier molecular flexibility index (Phi) is 5.84. The second-order valence-corrected chi connectivity index (χ2v) is 9.15. The number of amides is 1. The Balaban J connectivity index is 1.31. The summed E-state index contributed by atoms with van der Waals surface area (Å²) >= 11 is 0. The molecule has 2 aromatic rings. The molecule has 0 fully saturated rings. The quantitative estimate of drug-likeness (QED) is 0.462. The highest BCUT2D eigenvalue weighted by Crippen LogP contribution is 2.43. The number of nitrogens with zero attached hydrogens (tertiary/aromatic N) is 2. The van der Waals surface area contributed by atoms with E-state index in [0.29, 0.717) is 11.3 Å². The molecule has 1 atom stereocenters. The second kappa shape index (κ2) is 8.98. The number of carbonyl (C=O) groups is 1. The monoisotopic (exact) mass is 475 g/mol. The van der Waals surface area contributed by atoms with E-state index < -0.39 is 22.0 Å². The van der Waals surface area contributed by atoms with Gasteiger partial charge in [-0.05, 0) is 83.2 Å². The predicted molar refractivity (Wildman–Crippen MR) is 129 cm³/mol. The van der Waals surface area contributed by atoms with E-state index in [2.05, 4.69) is 23.5 Å². The largest absolute Gasteiger partial charge is 0.445 e. The van der Waals surface area contributed by atoms with Crippen LogP contribution in [0.2, 0.25) is 0 Å². The normalized spacial score (nSPS) is 17.9. The number of benzene rings is 2. The summed E-state index contributed by atoms with van der Waals surface area (Å²) in [6, 6.07) is 9.27. The van der Waals surface area contributed by atoms with E-state index in [1.54, 1.807) is 6.92 Å². The van der Waals surface area contributed by atoms with Gasteiger partial charge < -0.3 is 4.74 Å². The van der Waals surface area contributed by atoms with Crippen LogP contribution in [0.25, 0.3) is 11.1 Å². The molecule has 9 nitrogen and oxygen atoms in total. The molecular formula is C26H25N3O6. The molecule has 9 heteroatoms. The number of anilines is 1. The Bertz CT molecular complexity index is 1280. The Labute approximate surface area is 201 Å². The number of nitrogens with one attached hydrogen (secondary N) is 1. The third-order valence-electron chi connectivity index (χ3n) is 7.11. The zero-order valence-corrected chi connectivity index (χ0v) is 19.3. The molecule has 0 saturated carbocycles. The highest BCUT2D eigenvalue weighted by molar-refractivity contribution is 5.88. The summed E-state index contributed by atoms with van der Waals surface area (Å²) < 4.78 is 5.31. The van der Waals surface area contributed by atoms with Crippen molar-refractivity contribution < 1.29 is 19.4 Å². The molecule has 0 saturated heterocycles. The summed E-state index contributed by atoms with van der Waals surface area (Å²) in [4.78, 5) is 34.3. The van der Waals surface area contributed by atoms with E-state index in [-0.39, 0.29) is 30.7 Å². The highest BCUT2D eigenvalue weighted by atomic mass is 16.6. The molecule has 0 bridgehead atoms. The maximum absolute atomic E-state index is 12.5. The van der Waals surface area contributed by atoms with Gasteiger partial charge in [-0.3, -0.25) is 25.5 Å². The van der Waals surface area contributed by atoms with Crippen LogP contribution in [0.3, 0.4) is 0 Å². The van der Waals surface area contributed by atoms with Crippen LogP contribution in [0.5, 0.6) is 0 Å². The predicted octanol–water partition coefficient (Wildman–Crippen LogP) is 5.02. The van der Waals surface area contributed by atoms with Crippen molar-refractivity contribution in [3.8, 4) is 11.1 Å². The fraction of sp³-hybridized carbons (Fsp3) is 0.346. The first-order valence-corrected chi connectivity index (χ1v) is 11.8. The van der Waals surface area contributed by atoms with Crippen LogP contribution < -0.4 is 5.32 Å². The van der Waals surface area contributed by atoms with Gasteiger partial charge in [0, 0.05) is 23.1 Å². The van der Waals surface area contributed by atoms with Gasteiger partial charge in [0.1, 0.15) is 6.61 Å². The van der Waals surface area contributed by atoms with Crippen LogP contribution in [0.4, 0.5) is 10.5 Å². The molecule has 0 heterocycles. The molecular weight excluding hydrogens is 450 g/mol. The molecule has 0 aliphatic heterocycles. The smallest absolute Gasteiger partial charge is 0.411 e. The van der Waals surface area contributed by atoms with Gasteiger partial charge in [-0.1, -0.05) is 25.1 Å². The number of rotatable bonds is 6. The van der Waals surface area contributed by atoms with Gasteiger partial charge in [-0.25, -0.2) is 4.79 Å². The topological polar surface area (TPSA) is 125 Å². The van der Waals surface area contributed by atoms with Gasteiger partial charge in [0.2, 0.25) is 6.04 Å². The van der Waals surface area contributed by atoms with Crippen molar-refractivity contribution in [3.63, 3.8) is 0 Å². The van der Waals surface area contributed by atoms with Gasteiger partial charge in [0.15, 0.2) is 0 Å². The molecule has 180 valence electrons. The standard InChI is InChI=1S/C26H25N3O6/c1-2-21-22(28(31)32)10-15(11-23(21)29(33)34)14-35-26(30)27-20-12-18-8-6-16-4-3-5-17-7-9-19(13-20)25(18)24(16)17/h3-5,10,12-13,23H,2,6-9,11,14H2,1H3,(H,27,30). The molecule has 2 aromatic carbocycles. The van der Waals surface area contributed by atoms with E-state index in [0.717, 1.165) is 25.7 Å². The first-order chi connectivity index (χ1) is 16.9. The summed E-state index contributed by atoms with van der Waals surface area (Å²) in [5, 5.41) is 25.7. The fourth-order valence-corrected chi connectivity index (χ4v) is 5.57. The van der Waals surface area contributed by atoms with E-state index in [1.165, 1.54) is 39.5 Å². The van der Waals surface area contributed by atoms with E-state index in [1.807, 2.05) is 12.1 Å². The van der Waals surface area contributed by atoms with Gasteiger partial charge >= 0.3 is 6.09 Å². The van der Waals surface area contributed by atoms with Crippen LogP contribution >= 0.6 is 0 Å². The Morgan fingerprint density at radius 1 is 1.03 bits per heavy atom. The Morgan fingerprint density at radius 3 is 2.20 bits per heavy atom. The van der Waals surface area contributed by atoms with Gasteiger partial charge in [0.25, 0.3) is 5.70 Å². The number of hydrogen-bond donors (Lipinski definition) is 1. The molecule has 1 N–H and O–H groups in total. The minimum atomic E-state index is -1.19. The van der Waals surface area contributed by atoms with Crippen molar-refractivity contribution in [2.24, 2.45) is 0 Å². The number of ether oxygens (including phenoxy) is 1. The maximum atomic E-state index is 12.5. The summed E-state index contributed by atoms with van der Waals surface area (Å²) in [5.41, 5.74) is 8.67. The molecule has 0 aromatic heterocycles. The average molecular weight is 476 g/mol. The number of aryl methyl sites for hydroxylation is 4. The minimum Gasteiger partial charge on any atom is -0.445 e. The molecule has 3 aliphatic carbocycles. The Hall–Kier alpha value is -4.01. The maximum Gasteiger partial charge on any atom is 0.411 e. The van der Waals surface area contributed by atoms with Crippen molar-refractivity contribution in [2.75, 3.05) is 11.9 Å². The number of nitro groups is 2. The van der Waals surface area contributed by atoms with Crippen LogP contribution in [-0.2, 0) is 30.4 Å². The van der Waals surface area contributed by atoms with Crippen molar-refractivity contribution in [1.82, 2.24) is 0 Å². The number of hydrogen-bond acceptors (Lipinski definition) is 6.